The number of rotatable bonds is 3. The zero-order valence-corrected chi connectivity index (χ0v) is 16.4. The second kappa shape index (κ2) is 6.56. The summed E-state index contributed by atoms with van der Waals surface area (Å²) in [5.74, 6) is 1.75. The molecular weight excluding hydrogens is 372 g/mol. The van der Waals surface area contributed by atoms with Crippen molar-refractivity contribution in [3.05, 3.63) is 75.5 Å². The maximum Gasteiger partial charge on any atom is 0.223 e. The first-order valence-electron chi connectivity index (χ1n) is 9.18. The molecule has 0 saturated heterocycles. The van der Waals surface area contributed by atoms with Crippen LogP contribution in [0.25, 0.3) is 0 Å². The van der Waals surface area contributed by atoms with Crippen molar-refractivity contribution in [2.24, 2.45) is 5.10 Å². The number of ether oxygens (including phenoxy) is 2. The number of para-hydroxylation sites is 1. The smallest absolute Gasteiger partial charge is 0.223 e. The molecule has 0 aliphatic carbocycles. The summed E-state index contributed by atoms with van der Waals surface area (Å²) in [6.45, 7) is 2.02. The SMILES string of the molecule is COc1cccc2c1O[C@@H](c1cccs1)N1N=C(c3cc(C)ccc3O)C[C@H]21. The minimum Gasteiger partial charge on any atom is -0.507 e. The minimum atomic E-state index is -0.321. The zero-order valence-electron chi connectivity index (χ0n) is 15.6. The molecule has 1 N–H and O–H groups in total. The molecule has 0 fully saturated rings. The van der Waals surface area contributed by atoms with Crippen LogP contribution in [0.3, 0.4) is 0 Å². The molecule has 1 aromatic heterocycles. The number of hydrogen-bond acceptors (Lipinski definition) is 6. The number of phenols is 1. The van der Waals surface area contributed by atoms with Crippen LogP contribution in [0.4, 0.5) is 0 Å². The summed E-state index contributed by atoms with van der Waals surface area (Å²) >= 11 is 1.64. The van der Waals surface area contributed by atoms with Crippen LogP contribution in [0.2, 0.25) is 0 Å². The number of hydrogen-bond donors (Lipinski definition) is 1. The van der Waals surface area contributed by atoms with Gasteiger partial charge in [0.05, 0.1) is 23.7 Å². The highest BCUT2D eigenvalue weighted by molar-refractivity contribution is 7.10. The second-order valence-electron chi connectivity index (χ2n) is 7.03. The number of fused-ring (bicyclic) bond motifs is 3. The first-order valence-corrected chi connectivity index (χ1v) is 10.1. The Morgan fingerprint density at radius 3 is 2.89 bits per heavy atom. The van der Waals surface area contributed by atoms with Crippen LogP contribution in [0.5, 0.6) is 17.2 Å². The molecule has 2 aliphatic rings. The van der Waals surface area contributed by atoms with Gasteiger partial charge in [-0.3, -0.25) is 0 Å². The fourth-order valence-electron chi connectivity index (χ4n) is 3.91. The fraction of sp³-hybridized carbons (Fsp3) is 0.227. The van der Waals surface area contributed by atoms with Crippen LogP contribution in [0.1, 0.15) is 40.3 Å². The number of thiophene rings is 1. The molecule has 5 nitrogen and oxygen atoms in total. The molecule has 5 rings (SSSR count). The summed E-state index contributed by atoms with van der Waals surface area (Å²) in [7, 11) is 1.66. The highest BCUT2D eigenvalue weighted by atomic mass is 32.1. The van der Waals surface area contributed by atoms with Gasteiger partial charge in [-0.25, -0.2) is 5.01 Å². The fourth-order valence-corrected chi connectivity index (χ4v) is 4.65. The van der Waals surface area contributed by atoms with Gasteiger partial charge in [0, 0.05) is 17.5 Å². The Kier molecular flexibility index (Phi) is 4.02. The Hall–Kier alpha value is -2.99. The topological polar surface area (TPSA) is 54.3 Å². The van der Waals surface area contributed by atoms with Crippen molar-refractivity contribution in [3.8, 4) is 17.2 Å². The largest absolute Gasteiger partial charge is 0.507 e. The van der Waals surface area contributed by atoms with Crippen LogP contribution in [0.15, 0.2) is 59.0 Å². The van der Waals surface area contributed by atoms with Gasteiger partial charge in [0.15, 0.2) is 11.5 Å². The first-order chi connectivity index (χ1) is 13.7. The minimum absolute atomic E-state index is 0.0286. The zero-order chi connectivity index (χ0) is 19.3. The molecule has 6 heteroatoms. The van der Waals surface area contributed by atoms with E-state index in [2.05, 4.69) is 12.1 Å². The highest BCUT2D eigenvalue weighted by Gasteiger charge is 2.42. The molecule has 0 spiro atoms. The molecule has 0 radical (unpaired) electrons. The van der Waals surface area contributed by atoms with E-state index in [-0.39, 0.29) is 18.0 Å². The average Bonchev–Trinajstić information content (AvgIpc) is 3.39. The lowest BCUT2D eigenvalue weighted by atomic mass is 9.95. The number of aromatic hydroxyl groups is 1. The number of hydrazone groups is 1. The van der Waals surface area contributed by atoms with E-state index in [9.17, 15) is 5.11 Å². The number of phenolic OH excluding ortho intramolecular Hbond substituents is 1. The summed E-state index contributed by atoms with van der Waals surface area (Å²) in [6.07, 6.45) is 0.376. The molecule has 2 aliphatic heterocycles. The van der Waals surface area contributed by atoms with Gasteiger partial charge in [-0.05, 0) is 36.6 Å². The first kappa shape index (κ1) is 17.1. The van der Waals surface area contributed by atoms with Gasteiger partial charge in [0.25, 0.3) is 0 Å². The molecule has 0 unspecified atom stereocenters. The monoisotopic (exact) mass is 392 g/mol. The third-order valence-corrected chi connectivity index (χ3v) is 6.15. The number of nitrogens with zero attached hydrogens (tertiary/aromatic N) is 2. The van der Waals surface area contributed by atoms with Crippen LogP contribution in [-0.4, -0.2) is 22.9 Å². The Labute approximate surface area is 167 Å². The summed E-state index contributed by atoms with van der Waals surface area (Å²) in [5, 5.41) is 19.4. The Bertz CT molecular complexity index is 1060. The third-order valence-electron chi connectivity index (χ3n) is 5.25. The molecule has 0 bridgehead atoms. The lowest BCUT2D eigenvalue weighted by Crippen LogP contribution is -2.33. The van der Waals surface area contributed by atoms with Gasteiger partial charge in [-0.15, -0.1) is 11.3 Å². The lowest BCUT2D eigenvalue weighted by Gasteiger charge is -2.38. The van der Waals surface area contributed by atoms with Crippen LogP contribution in [0, 0.1) is 6.92 Å². The van der Waals surface area contributed by atoms with E-state index in [0.717, 1.165) is 38.8 Å². The summed E-state index contributed by atoms with van der Waals surface area (Å²) in [4.78, 5) is 1.08. The van der Waals surface area contributed by atoms with Crippen molar-refractivity contribution in [2.75, 3.05) is 7.11 Å². The van der Waals surface area contributed by atoms with E-state index < -0.39 is 0 Å². The number of methoxy groups -OCH3 is 1. The maximum atomic E-state index is 10.4. The lowest BCUT2D eigenvalue weighted by molar-refractivity contribution is -0.0184. The Morgan fingerprint density at radius 2 is 2.11 bits per heavy atom. The van der Waals surface area contributed by atoms with Crippen LogP contribution in [-0.2, 0) is 0 Å². The van der Waals surface area contributed by atoms with Gasteiger partial charge in [0.1, 0.15) is 5.75 Å². The van der Waals surface area contributed by atoms with Gasteiger partial charge < -0.3 is 14.6 Å². The number of benzene rings is 2. The molecule has 0 amide bonds. The predicted octanol–water partition coefficient (Wildman–Crippen LogP) is 5.01. The molecule has 28 heavy (non-hydrogen) atoms. The summed E-state index contributed by atoms with van der Waals surface area (Å²) in [6, 6.07) is 15.7. The number of aryl methyl sites for hydroxylation is 1. The quantitative estimate of drug-likeness (QED) is 0.680. The standard InChI is InChI=1S/C22H20N2O3S/c1-13-8-9-18(25)15(11-13)16-12-17-14-5-3-6-19(26-2)21(14)27-22(24(17)23-16)20-7-4-10-28-20/h3-11,17,22,25H,12H2,1-2H3/t17-,22+/m1/s1. The second-order valence-corrected chi connectivity index (χ2v) is 8.01. The molecule has 2 atom stereocenters. The predicted molar refractivity (Wildman–Crippen MR) is 109 cm³/mol. The highest BCUT2D eigenvalue weighted by Crippen LogP contribution is 2.51. The Morgan fingerprint density at radius 1 is 1.21 bits per heavy atom. The van der Waals surface area contributed by atoms with Gasteiger partial charge in [-0.1, -0.05) is 29.8 Å². The van der Waals surface area contributed by atoms with E-state index >= 15 is 0 Å². The van der Waals surface area contributed by atoms with Crippen molar-refractivity contribution in [2.45, 2.75) is 25.6 Å². The normalized spacial score (nSPS) is 20.2. The van der Waals surface area contributed by atoms with E-state index in [1.807, 2.05) is 47.6 Å². The van der Waals surface area contributed by atoms with E-state index in [0.29, 0.717) is 6.42 Å². The average molecular weight is 392 g/mol. The molecule has 2 aromatic carbocycles. The van der Waals surface area contributed by atoms with E-state index in [1.165, 1.54) is 0 Å². The summed E-state index contributed by atoms with van der Waals surface area (Å²) in [5.41, 5.74) is 3.79. The van der Waals surface area contributed by atoms with Crippen molar-refractivity contribution in [1.29, 1.82) is 0 Å². The van der Waals surface area contributed by atoms with Crippen LogP contribution >= 0.6 is 11.3 Å². The van der Waals surface area contributed by atoms with Crippen molar-refractivity contribution in [1.82, 2.24) is 5.01 Å². The molecular formula is C22H20N2O3S. The van der Waals surface area contributed by atoms with Gasteiger partial charge in [-0.2, -0.15) is 5.10 Å². The van der Waals surface area contributed by atoms with Crippen molar-refractivity contribution >= 4 is 17.0 Å². The van der Waals surface area contributed by atoms with Crippen molar-refractivity contribution < 1.29 is 14.6 Å². The maximum absolute atomic E-state index is 10.4. The molecule has 3 heterocycles. The molecule has 3 aromatic rings. The van der Waals surface area contributed by atoms with Crippen LogP contribution < -0.4 is 9.47 Å². The van der Waals surface area contributed by atoms with Crippen molar-refractivity contribution in [3.63, 3.8) is 0 Å². The Balaban J connectivity index is 1.64. The molecule has 0 saturated carbocycles. The van der Waals surface area contributed by atoms with Gasteiger partial charge in [0.2, 0.25) is 6.23 Å². The summed E-state index contributed by atoms with van der Waals surface area (Å²) < 4.78 is 11.9. The van der Waals surface area contributed by atoms with E-state index in [1.54, 1.807) is 24.5 Å². The third kappa shape index (κ3) is 2.64. The molecule has 142 valence electrons. The van der Waals surface area contributed by atoms with E-state index in [4.69, 9.17) is 14.6 Å². The van der Waals surface area contributed by atoms with Gasteiger partial charge >= 0.3 is 0 Å².